The van der Waals surface area contributed by atoms with Gasteiger partial charge in [-0.25, -0.2) is 0 Å². The summed E-state index contributed by atoms with van der Waals surface area (Å²) in [6, 6.07) is 1.06. The normalized spacial score (nSPS) is 13.7. The third-order valence-electron chi connectivity index (χ3n) is 2.21. The Hall–Kier alpha value is -1.38. The highest BCUT2D eigenvalue weighted by molar-refractivity contribution is 8.14. The fourth-order valence-corrected chi connectivity index (χ4v) is 2.00. The van der Waals surface area contributed by atoms with Crippen molar-refractivity contribution in [1.29, 1.82) is 0 Å². The SMILES string of the molecule is CCSC(=NO)c1cc(C(F)(F)F)cc(C(F)(F)F)c1. The molecule has 0 aliphatic carbocycles. The second kappa shape index (κ2) is 5.94. The first-order valence-electron chi connectivity index (χ1n) is 5.24. The lowest BCUT2D eigenvalue weighted by Crippen LogP contribution is -2.13. The highest BCUT2D eigenvalue weighted by Gasteiger charge is 2.37. The number of thioether (sulfide) groups is 1. The van der Waals surface area contributed by atoms with Crippen LogP contribution < -0.4 is 0 Å². The van der Waals surface area contributed by atoms with Gasteiger partial charge in [-0.3, -0.25) is 0 Å². The Bertz CT molecular complexity index is 476. The summed E-state index contributed by atoms with van der Waals surface area (Å²) in [6.07, 6.45) is -9.85. The molecule has 0 unspecified atom stereocenters. The van der Waals surface area contributed by atoms with Crippen molar-refractivity contribution < 1.29 is 31.5 Å². The lowest BCUT2D eigenvalue weighted by Gasteiger charge is -2.14. The summed E-state index contributed by atoms with van der Waals surface area (Å²) >= 11 is 0.833. The lowest BCUT2D eigenvalue weighted by molar-refractivity contribution is -0.143. The molecule has 2 nitrogen and oxygen atoms in total. The molecular weight excluding hydrogens is 308 g/mol. The van der Waals surface area contributed by atoms with Crippen molar-refractivity contribution in [3.05, 3.63) is 34.9 Å². The molecule has 1 N–H and O–H groups in total. The number of hydrogen-bond acceptors (Lipinski definition) is 3. The number of oxime groups is 1. The van der Waals surface area contributed by atoms with Crippen molar-refractivity contribution in [2.45, 2.75) is 19.3 Å². The molecule has 0 radical (unpaired) electrons. The number of alkyl halides is 6. The molecule has 20 heavy (non-hydrogen) atoms. The van der Waals surface area contributed by atoms with Crippen LogP contribution in [0.2, 0.25) is 0 Å². The van der Waals surface area contributed by atoms with Gasteiger partial charge in [0.25, 0.3) is 0 Å². The van der Waals surface area contributed by atoms with Gasteiger partial charge in [-0.2, -0.15) is 26.3 Å². The minimum atomic E-state index is -4.92. The molecule has 0 saturated heterocycles. The number of halogens is 6. The van der Waals surface area contributed by atoms with Gasteiger partial charge in [-0.05, 0) is 24.0 Å². The predicted octanol–water partition coefficient (Wildman–Crippen LogP) is 4.61. The van der Waals surface area contributed by atoms with Crippen molar-refractivity contribution in [1.82, 2.24) is 0 Å². The fourth-order valence-electron chi connectivity index (χ4n) is 1.39. The first-order chi connectivity index (χ1) is 9.09. The largest absolute Gasteiger partial charge is 0.416 e. The fraction of sp³-hybridized carbons (Fsp3) is 0.364. The summed E-state index contributed by atoms with van der Waals surface area (Å²) in [5, 5.41) is 11.1. The van der Waals surface area contributed by atoms with Crippen LogP contribution in [0.15, 0.2) is 23.4 Å². The Kier molecular flexibility index (Phi) is 4.95. The molecular formula is C11H9F6NOS. The Labute approximate surface area is 114 Å². The van der Waals surface area contributed by atoms with Gasteiger partial charge >= 0.3 is 12.4 Å². The van der Waals surface area contributed by atoms with Crippen LogP contribution in [-0.4, -0.2) is 16.0 Å². The molecule has 1 aromatic carbocycles. The molecule has 1 aromatic rings. The molecule has 0 spiro atoms. The molecule has 0 aliphatic heterocycles. The zero-order chi connectivity index (χ0) is 15.6. The summed E-state index contributed by atoms with van der Waals surface area (Å²) in [5.41, 5.74) is -3.32. The monoisotopic (exact) mass is 317 g/mol. The Morgan fingerprint density at radius 1 is 1.05 bits per heavy atom. The number of hydrogen-bond donors (Lipinski definition) is 1. The Balaban J connectivity index is 3.46. The highest BCUT2D eigenvalue weighted by atomic mass is 32.2. The molecule has 0 amide bonds. The Morgan fingerprint density at radius 2 is 1.50 bits per heavy atom. The topological polar surface area (TPSA) is 32.6 Å². The molecule has 0 aliphatic rings. The molecule has 0 saturated carbocycles. The summed E-state index contributed by atoms with van der Waals surface area (Å²) in [5.74, 6) is 0.330. The van der Waals surface area contributed by atoms with E-state index in [1.165, 1.54) is 0 Å². The van der Waals surface area contributed by atoms with Gasteiger partial charge in [-0.15, -0.1) is 11.8 Å². The van der Waals surface area contributed by atoms with Crippen LogP contribution in [0.3, 0.4) is 0 Å². The van der Waals surface area contributed by atoms with Crippen LogP contribution in [0.4, 0.5) is 26.3 Å². The second-order valence-corrected chi connectivity index (χ2v) is 4.89. The molecule has 0 aromatic heterocycles. The highest BCUT2D eigenvalue weighted by Crippen LogP contribution is 2.37. The van der Waals surface area contributed by atoms with Crippen molar-refractivity contribution >= 4 is 16.8 Å². The minimum absolute atomic E-state index is 0.0229. The van der Waals surface area contributed by atoms with Gasteiger partial charge in [0, 0.05) is 5.56 Å². The van der Waals surface area contributed by atoms with E-state index in [1.54, 1.807) is 6.92 Å². The maximum absolute atomic E-state index is 12.6. The van der Waals surface area contributed by atoms with E-state index >= 15 is 0 Å². The summed E-state index contributed by atoms with van der Waals surface area (Å²) in [6.45, 7) is 1.62. The Morgan fingerprint density at radius 3 is 1.80 bits per heavy atom. The summed E-state index contributed by atoms with van der Waals surface area (Å²) in [4.78, 5) is 0. The van der Waals surface area contributed by atoms with Crippen LogP contribution in [0, 0.1) is 0 Å². The van der Waals surface area contributed by atoms with Gasteiger partial charge < -0.3 is 5.21 Å². The first-order valence-corrected chi connectivity index (χ1v) is 6.23. The van der Waals surface area contributed by atoms with Gasteiger partial charge in [-0.1, -0.05) is 12.1 Å². The van der Waals surface area contributed by atoms with Gasteiger partial charge in [0.1, 0.15) is 5.04 Å². The van der Waals surface area contributed by atoms with Gasteiger partial charge in [0.2, 0.25) is 0 Å². The van der Waals surface area contributed by atoms with Gasteiger partial charge in [0.05, 0.1) is 11.1 Å². The second-order valence-electron chi connectivity index (χ2n) is 3.63. The van der Waals surface area contributed by atoms with Gasteiger partial charge in [0.15, 0.2) is 0 Å². The van der Waals surface area contributed by atoms with Crippen molar-refractivity contribution in [2.75, 3.05) is 5.75 Å². The third-order valence-corrected chi connectivity index (χ3v) is 3.09. The standard InChI is InChI=1S/C11H9F6NOS/c1-2-20-9(18-19)6-3-7(10(12,13)14)5-8(4-6)11(15,16)17/h3-5,19H,2H2,1H3. The average Bonchev–Trinajstić information content (AvgIpc) is 2.33. The number of rotatable bonds is 2. The number of benzene rings is 1. The summed E-state index contributed by atoms with van der Waals surface area (Å²) in [7, 11) is 0. The maximum atomic E-state index is 12.6. The van der Waals surface area contributed by atoms with Crippen LogP contribution in [0.25, 0.3) is 0 Å². The molecule has 0 fully saturated rings. The molecule has 112 valence electrons. The van der Waals surface area contributed by atoms with Crippen molar-refractivity contribution in [2.24, 2.45) is 5.16 Å². The predicted molar refractivity (Wildman–Crippen MR) is 62.9 cm³/mol. The van der Waals surface area contributed by atoms with E-state index in [0.29, 0.717) is 17.9 Å². The van der Waals surface area contributed by atoms with Crippen LogP contribution >= 0.6 is 11.8 Å². The van der Waals surface area contributed by atoms with Crippen LogP contribution in [0.5, 0.6) is 0 Å². The molecule has 1 rings (SSSR count). The van der Waals surface area contributed by atoms with E-state index in [1.807, 2.05) is 0 Å². The van der Waals surface area contributed by atoms with E-state index in [4.69, 9.17) is 5.21 Å². The summed E-state index contributed by atoms with van der Waals surface area (Å²) < 4.78 is 75.7. The third kappa shape index (κ3) is 4.06. The van der Waals surface area contributed by atoms with E-state index < -0.39 is 29.0 Å². The smallest absolute Gasteiger partial charge is 0.410 e. The zero-order valence-electron chi connectivity index (χ0n) is 10.0. The first kappa shape index (κ1) is 16.7. The van der Waals surface area contributed by atoms with Crippen LogP contribution in [-0.2, 0) is 12.4 Å². The van der Waals surface area contributed by atoms with Crippen LogP contribution in [0.1, 0.15) is 23.6 Å². The molecule has 0 bridgehead atoms. The van der Waals surface area contributed by atoms with Crippen molar-refractivity contribution in [3.8, 4) is 0 Å². The molecule has 9 heteroatoms. The maximum Gasteiger partial charge on any atom is 0.416 e. The van der Waals surface area contributed by atoms with E-state index in [0.717, 1.165) is 11.8 Å². The molecule has 0 atom stereocenters. The molecule has 0 heterocycles. The van der Waals surface area contributed by atoms with Crippen molar-refractivity contribution in [3.63, 3.8) is 0 Å². The minimum Gasteiger partial charge on any atom is -0.410 e. The van der Waals surface area contributed by atoms with E-state index in [9.17, 15) is 26.3 Å². The van der Waals surface area contributed by atoms with E-state index in [2.05, 4.69) is 5.16 Å². The lowest BCUT2D eigenvalue weighted by atomic mass is 10.1. The van der Waals surface area contributed by atoms with E-state index in [-0.39, 0.29) is 11.1 Å². The zero-order valence-corrected chi connectivity index (χ0v) is 10.8. The average molecular weight is 317 g/mol. The quantitative estimate of drug-likeness (QED) is 0.284. The number of nitrogens with zero attached hydrogens (tertiary/aromatic N) is 1.